The van der Waals surface area contributed by atoms with Crippen LogP contribution in [0.4, 0.5) is 5.69 Å². The van der Waals surface area contributed by atoms with Gasteiger partial charge in [-0.15, -0.1) is 0 Å². The van der Waals surface area contributed by atoms with Crippen molar-refractivity contribution in [2.24, 2.45) is 0 Å². The van der Waals surface area contributed by atoms with Crippen LogP contribution in [0, 0.1) is 24.0 Å². The fraction of sp³-hybridized carbons (Fsp3) is 0.133. The molecule has 0 aliphatic rings. The maximum absolute atomic E-state index is 12.3. The Morgan fingerprint density at radius 1 is 1.13 bits per heavy atom. The highest BCUT2D eigenvalue weighted by Gasteiger charge is 2.21. The van der Waals surface area contributed by atoms with Crippen LogP contribution in [0.15, 0.2) is 47.4 Å². The molecule has 120 valence electrons. The number of hydrogen-bond donors (Lipinski definition) is 1. The molecule has 0 aromatic heterocycles. The first-order chi connectivity index (χ1) is 10.7. The first-order valence-corrected chi connectivity index (χ1v) is 8.08. The second-order valence-corrected chi connectivity index (χ2v) is 6.66. The number of nitro benzene ring substituents is 1. The van der Waals surface area contributed by atoms with E-state index in [-0.39, 0.29) is 16.1 Å². The number of nitro groups is 1. The van der Waals surface area contributed by atoms with E-state index in [9.17, 15) is 23.3 Å². The van der Waals surface area contributed by atoms with E-state index in [2.05, 4.69) is 0 Å². The average molecular weight is 334 g/mol. The molecule has 2 aromatic carbocycles. The molecule has 0 heterocycles. The van der Waals surface area contributed by atoms with E-state index in [1.54, 1.807) is 26.0 Å². The summed E-state index contributed by atoms with van der Waals surface area (Å²) in [6.07, 6.45) is 0. The van der Waals surface area contributed by atoms with Crippen LogP contribution < -0.4 is 4.72 Å². The maximum Gasteiger partial charge on any atom is 0.270 e. The van der Waals surface area contributed by atoms with Gasteiger partial charge in [-0.2, -0.15) is 0 Å². The molecular formula is C15H14N2O5S. The number of hydrogen-bond acceptors (Lipinski definition) is 5. The first kappa shape index (κ1) is 16.6. The van der Waals surface area contributed by atoms with Crippen molar-refractivity contribution in [1.82, 2.24) is 4.72 Å². The fourth-order valence-corrected chi connectivity index (χ4v) is 3.30. The van der Waals surface area contributed by atoms with Crippen LogP contribution in [0.1, 0.15) is 21.5 Å². The molecule has 0 aliphatic heterocycles. The zero-order valence-corrected chi connectivity index (χ0v) is 13.3. The summed E-state index contributed by atoms with van der Waals surface area (Å²) in [6, 6.07) is 9.72. The van der Waals surface area contributed by atoms with Gasteiger partial charge in [-0.1, -0.05) is 18.2 Å². The Hall–Kier alpha value is -2.74. The summed E-state index contributed by atoms with van der Waals surface area (Å²) in [5, 5.41) is 10.7. The fourth-order valence-electron chi connectivity index (χ4n) is 1.99. The minimum absolute atomic E-state index is 0.00344. The number of amides is 1. The maximum atomic E-state index is 12.3. The van der Waals surface area contributed by atoms with Crippen LogP contribution in [0.5, 0.6) is 0 Å². The Morgan fingerprint density at radius 3 is 2.48 bits per heavy atom. The van der Waals surface area contributed by atoms with Gasteiger partial charge < -0.3 is 0 Å². The third-order valence-corrected chi connectivity index (χ3v) is 4.65. The quantitative estimate of drug-likeness (QED) is 0.682. The zero-order valence-electron chi connectivity index (χ0n) is 12.4. The highest BCUT2D eigenvalue weighted by molar-refractivity contribution is 7.90. The van der Waals surface area contributed by atoms with Crippen LogP contribution in [-0.2, 0) is 10.0 Å². The van der Waals surface area contributed by atoms with Gasteiger partial charge in [-0.25, -0.2) is 13.1 Å². The van der Waals surface area contributed by atoms with Gasteiger partial charge in [0.25, 0.3) is 21.6 Å². The normalized spacial score (nSPS) is 11.0. The van der Waals surface area contributed by atoms with Crippen molar-refractivity contribution >= 4 is 21.6 Å². The number of carbonyl (C=O) groups excluding carboxylic acids is 1. The topological polar surface area (TPSA) is 106 Å². The van der Waals surface area contributed by atoms with Crippen LogP contribution in [0.25, 0.3) is 0 Å². The summed E-state index contributed by atoms with van der Waals surface area (Å²) >= 11 is 0. The molecule has 0 unspecified atom stereocenters. The number of benzene rings is 2. The predicted molar refractivity (Wildman–Crippen MR) is 83.7 cm³/mol. The second-order valence-electron chi connectivity index (χ2n) is 5.01. The summed E-state index contributed by atoms with van der Waals surface area (Å²) < 4.78 is 26.6. The Labute approximate surface area is 133 Å². The number of nitrogens with one attached hydrogen (secondary N) is 1. The van der Waals surface area contributed by atoms with Crippen LogP contribution >= 0.6 is 0 Å². The van der Waals surface area contributed by atoms with Crippen LogP contribution in [0.3, 0.4) is 0 Å². The largest absolute Gasteiger partial charge is 0.270 e. The molecule has 23 heavy (non-hydrogen) atoms. The molecule has 1 N–H and O–H groups in total. The van der Waals surface area contributed by atoms with E-state index < -0.39 is 20.9 Å². The summed E-state index contributed by atoms with van der Waals surface area (Å²) in [4.78, 5) is 22.2. The van der Waals surface area contributed by atoms with Gasteiger partial charge in [0.2, 0.25) is 0 Å². The lowest BCUT2D eigenvalue weighted by molar-refractivity contribution is -0.384. The lowest BCUT2D eigenvalue weighted by atomic mass is 10.2. The molecule has 0 aliphatic carbocycles. The van der Waals surface area contributed by atoms with Crippen molar-refractivity contribution in [1.29, 1.82) is 0 Å². The van der Waals surface area contributed by atoms with E-state index in [4.69, 9.17) is 0 Å². The number of sulfonamides is 1. The molecule has 0 radical (unpaired) electrons. The van der Waals surface area contributed by atoms with Gasteiger partial charge in [0.15, 0.2) is 0 Å². The van der Waals surface area contributed by atoms with E-state index >= 15 is 0 Å². The second kappa shape index (κ2) is 6.17. The lowest BCUT2D eigenvalue weighted by Gasteiger charge is -2.10. The Kier molecular flexibility index (Phi) is 4.46. The zero-order chi connectivity index (χ0) is 17.2. The standard InChI is InChI=1S/C15H14N2O5S/c1-10-6-7-11(2)14(8-10)23(21,22)16-15(18)12-4-3-5-13(9-12)17(19)20/h3-9H,1-2H3,(H,16,18). The van der Waals surface area contributed by atoms with E-state index in [1.165, 1.54) is 24.3 Å². The van der Waals surface area contributed by atoms with E-state index in [1.807, 2.05) is 4.72 Å². The monoisotopic (exact) mass is 334 g/mol. The molecule has 0 spiro atoms. The van der Waals surface area contributed by atoms with Gasteiger partial charge in [0.1, 0.15) is 0 Å². The molecule has 0 atom stereocenters. The molecular weight excluding hydrogens is 320 g/mol. The molecule has 0 saturated carbocycles. The van der Waals surface area contributed by atoms with Crippen molar-refractivity contribution in [3.8, 4) is 0 Å². The number of rotatable bonds is 4. The molecule has 1 amide bonds. The number of aryl methyl sites for hydroxylation is 2. The average Bonchev–Trinajstić information content (AvgIpc) is 2.49. The van der Waals surface area contributed by atoms with E-state index in [0.29, 0.717) is 5.56 Å². The molecule has 0 bridgehead atoms. The Balaban J connectivity index is 2.34. The third-order valence-electron chi connectivity index (χ3n) is 3.18. The predicted octanol–water partition coefficient (Wildman–Crippen LogP) is 2.33. The van der Waals surface area contributed by atoms with E-state index in [0.717, 1.165) is 11.6 Å². The van der Waals surface area contributed by atoms with Crippen molar-refractivity contribution in [3.05, 3.63) is 69.3 Å². The molecule has 2 rings (SSSR count). The third kappa shape index (κ3) is 3.72. The Bertz CT molecular complexity index is 890. The van der Waals surface area contributed by atoms with Crippen molar-refractivity contribution in [3.63, 3.8) is 0 Å². The van der Waals surface area contributed by atoms with Gasteiger partial charge in [-0.05, 0) is 37.1 Å². The minimum Gasteiger partial charge on any atom is -0.268 e. The molecule has 8 heteroatoms. The SMILES string of the molecule is Cc1ccc(C)c(S(=O)(=O)NC(=O)c2cccc([N+](=O)[O-])c2)c1. The number of nitrogens with zero attached hydrogens (tertiary/aromatic N) is 1. The lowest BCUT2D eigenvalue weighted by Crippen LogP contribution is -2.31. The summed E-state index contributed by atoms with van der Waals surface area (Å²) in [5.74, 6) is -0.922. The van der Waals surface area contributed by atoms with Crippen molar-refractivity contribution < 1.29 is 18.1 Å². The summed E-state index contributed by atoms with van der Waals surface area (Å²) in [6.45, 7) is 3.35. The number of carbonyl (C=O) groups is 1. The Morgan fingerprint density at radius 2 is 1.83 bits per heavy atom. The smallest absolute Gasteiger partial charge is 0.268 e. The number of non-ortho nitro benzene ring substituents is 1. The van der Waals surface area contributed by atoms with Crippen molar-refractivity contribution in [2.75, 3.05) is 0 Å². The highest BCUT2D eigenvalue weighted by atomic mass is 32.2. The van der Waals surface area contributed by atoms with Crippen molar-refractivity contribution in [2.45, 2.75) is 18.7 Å². The highest BCUT2D eigenvalue weighted by Crippen LogP contribution is 2.18. The van der Waals surface area contributed by atoms with Gasteiger partial charge in [0.05, 0.1) is 9.82 Å². The minimum atomic E-state index is -4.06. The van der Waals surface area contributed by atoms with Gasteiger partial charge in [0, 0.05) is 17.7 Å². The van der Waals surface area contributed by atoms with Gasteiger partial charge >= 0.3 is 0 Å². The van der Waals surface area contributed by atoms with Crippen LogP contribution in [0.2, 0.25) is 0 Å². The first-order valence-electron chi connectivity index (χ1n) is 6.59. The molecule has 0 saturated heterocycles. The van der Waals surface area contributed by atoms with Crippen LogP contribution in [-0.4, -0.2) is 19.2 Å². The molecule has 0 fully saturated rings. The summed E-state index contributed by atoms with van der Waals surface area (Å²) in [7, 11) is -4.06. The molecule has 7 nitrogen and oxygen atoms in total. The van der Waals surface area contributed by atoms with Gasteiger partial charge in [-0.3, -0.25) is 14.9 Å². The summed E-state index contributed by atoms with van der Waals surface area (Å²) in [5.41, 5.74) is 0.837. The molecule has 2 aromatic rings.